The molecular formula is C13H20F3N3. The normalized spacial score (nSPS) is 29.2. The van der Waals surface area contributed by atoms with Crippen LogP contribution in [0.3, 0.4) is 0 Å². The number of piperidine rings is 1. The number of likely N-dealkylation sites (tertiary alicyclic amines) is 1. The Bertz CT molecular complexity index is 333. The SMILES string of the molecule is N#CCN1CC(CC(F)(F)F)CC(NCC2CC2)C1. The van der Waals surface area contributed by atoms with Gasteiger partial charge in [0.25, 0.3) is 0 Å². The minimum absolute atomic E-state index is 0.0926. The van der Waals surface area contributed by atoms with Crippen LogP contribution in [0.15, 0.2) is 0 Å². The Hall–Kier alpha value is -0.800. The van der Waals surface area contributed by atoms with Crippen molar-refractivity contribution in [2.45, 2.75) is 37.9 Å². The summed E-state index contributed by atoms with van der Waals surface area (Å²) < 4.78 is 37.5. The summed E-state index contributed by atoms with van der Waals surface area (Å²) in [5.74, 6) is 0.325. The molecule has 2 aliphatic rings. The third-order valence-corrected chi connectivity index (χ3v) is 3.82. The van der Waals surface area contributed by atoms with Crippen molar-refractivity contribution in [2.75, 3.05) is 26.2 Å². The molecule has 19 heavy (non-hydrogen) atoms. The minimum atomic E-state index is -4.11. The molecule has 0 aromatic carbocycles. The van der Waals surface area contributed by atoms with Gasteiger partial charge in [0.15, 0.2) is 0 Å². The zero-order valence-electron chi connectivity index (χ0n) is 10.9. The molecular weight excluding hydrogens is 255 g/mol. The highest BCUT2D eigenvalue weighted by molar-refractivity contribution is 4.89. The molecule has 1 saturated carbocycles. The first-order valence-corrected chi connectivity index (χ1v) is 6.85. The maximum absolute atomic E-state index is 12.5. The van der Waals surface area contributed by atoms with E-state index in [4.69, 9.17) is 5.26 Å². The van der Waals surface area contributed by atoms with Crippen LogP contribution in [0, 0.1) is 23.2 Å². The molecule has 0 amide bonds. The Morgan fingerprint density at radius 3 is 2.53 bits per heavy atom. The lowest BCUT2D eigenvalue weighted by molar-refractivity contribution is -0.148. The number of nitrogens with one attached hydrogen (secondary N) is 1. The van der Waals surface area contributed by atoms with Gasteiger partial charge in [0.05, 0.1) is 12.6 Å². The first-order valence-electron chi connectivity index (χ1n) is 6.85. The lowest BCUT2D eigenvalue weighted by atomic mass is 9.91. The van der Waals surface area contributed by atoms with E-state index in [2.05, 4.69) is 5.32 Å². The van der Waals surface area contributed by atoms with Crippen LogP contribution in [-0.2, 0) is 0 Å². The number of halogens is 3. The second-order valence-corrected chi connectivity index (χ2v) is 5.82. The summed E-state index contributed by atoms with van der Waals surface area (Å²) in [7, 11) is 0. The molecule has 0 aromatic rings. The number of nitrogens with zero attached hydrogens (tertiary/aromatic N) is 2. The molecule has 2 fully saturated rings. The van der Waals surface area contributed by atoms with Crippen LogP contribution in [-0.4, -0.2) is 43.3 Å². The molecule has 1 saturated heterocycles. The van der Waals surface area contributed by atoms with E-state index in [1.54, 1.807) is 0 Å². The van der Waals surface area contributed by atoms with Crippen molar-refractivity contribution in [1.29, 1.82) is 5.26 Å². The first kappa shape index (κ1) is 14.6. The number of alkyl halides is 3. The third-order valence-electron chi connectivity index (χ3n) is 3.82. The topological polar surface area (TPSA) is 39.1 Å². The average Bonchev–Trinajstić information content (AvgIpc) is 3.08. The monoisotopic (exact) mass is 275 g/mol. The summed E-state index contributed by atoms with van der Waals surface area (Å²) in [6, 6.07) is 2.13. The minimum Gasteiger partial charge on any atom is -0.312 e. The van der Waals surface area contributed by atoms with Crippen molar-refractivity contribution in [3.05, 3.63) is 0 Å². The van der Waals surface area contributed by atoms with E-state index in [0.29, 0.717) is 25.4 Å². The zero-order valence-corrected chi connectivity index (χ0v) is 10.9. The predicted molar refractivity (Wildman–Crippen MR) is 65.3 cm³/mol. The van der Waals surface area contributed by atoms with Gasteiger partial charge in [-0.25, -0.2) is 0 Å². The number of nitriles is 1. The van der Waals surface area contributed by atoms with Crippen molar-refractivity contribution in [3.63, 3.8) is 0 Å². The summed E-state index contributed by atoms with van der Waals surface area (Å²) in [4.78, 5) is 1.84. The highest BCUT2D eigenvalue weighted by Crippen LogP contribution is 2.31. The van der Waals surface area contributed by atoms with Gasteiger partial charge in [-0.05, 0) is 37.6 Å². The molecule has 2 unspecified atom stereocenters. The molecule has 108 valence electrons. The van der Waals surface area contributed by atoms with Crippen molar-refractivity contribution >= 4 is 0 Å². The predicted octanol–water partition coefficient (Wildman–Crippen LogP) is 2.15. The maximum Gasteiger partial charge on any atom is 0.389 e. The maximum atomic E-state index is 12.5. The van der Waals surface area contributed by atoms with Crippen molar-refractivity contribution in [2.24, 2.45) is 11.8 Å². The van der Waals surface area contributed by atoms with Crippen LogP contribution in [0.2, 0.25) is 0 Å². The van der Waals surface area contributed by atoms with Crippen molar-refractivity contribution in [3.8, 4) is 6.07 Å². The Kier molecular flexibility index (Phi) is 4.69. The lowest BCUT2D eigenvalue weighted by Gasteiger charge is -2.37. The van der Waals surface area contributed by atoms with Gasteiger partial charge in [-0.3, -0.25) is 4.90 Å². The molecule has 1 aliphatic heterocycles. The van der Waals surface area contributed by atoms with Crippen molar-refractivity contribution in [1.82, 2.24) is 10.2 Å². The molecule has 2 rings (SSSR count). The van der Waals surface area contributed by atoms with Crippen LogP contribution in [0.5, 0.6) is 0 Å². The Balaban J connectivity index is 1.85. The quantitative estimate of drug-likeness (QED) is 0.781. The fourth-order valence-corrected chi connectivity index (χ4v) is 2.81. The van der Waals surface area contributed by atoms with Gasteiger partial charge < -0.3 is 5.32 Å². The lowest BCUT2D eigenvalue weighted by Crippen LogP contribution is -2.50. The summed E-state index contributed by atoms with van der Waals surface area (Å²) in [6.45, 7) is 2.20. The average molecular weight is 275 g/mol. The molecule has 6 heteroatoms. The van der Waals surface area contributed by atoms with Gasteiger partial charge in [0, 0.05) is 25.6 Å². The number of hydrogen-bond donors (Lipinski definition) is 1. The van der Waals surface area contributed by atoms with E-state index in [1.165, 1.54) is 12.8 Å². The summed E-state index contributed by atoms with van der Waals surface area (Å²) in [6.07, 6.45) is -1.83. The standard InChI is InChI=1S/C13H20F3N3/c14-13(15,16)6-11-5-12(18-7-10-1-2-10)9-19(8-11)4-3-17/h10-12,18H,1-2,4-9H2. The van der Waals surface area contributed by atoms with Crippen LogP contribution in [0.25, 0.3) is 0 Å². The second kappa shape index (κ2) is 6.10. The van der Waals surface area contributed by atoms with Gasteiger partial charge in [-0.2, -0.15) is 18.4 Å². The molecule has 2 atom stereocenters. The van der Waals surface area contributed by atoms with E-state index in [9.17, 15) is 13.2 Å². The van der Waals surface area contributed by atoms with Crippen LogP contribution >= 0.6 is 0 Å². The second-order valence-electron chi connectivity index (χ2n) is 5.82. The molecule has 0 aromatic heterocycles. The number of rotatable bonds is 5. The number of hydrogen-bond acceptors (Lipinski definition) is 3. The molecule has 0 bridgehead atoms. The summed E-state index contributed by atoms with van der Waals surface area (Å²) >= 11 is 0. The highest BCUT2D eigenvalue weighted by Gasteiger charge is 2.36. The summed E-state index contributed by atoms with van der Waals surface area (Å²) in [5, 5.41) is 12.1. The van der Waals surface area contributed by atoms with Gasteiger partial charge in [-0.15, -0.1) is 0 Å². The van der Waals surface area contributed by atoms with E-state index < -0.39 is 12.6 Å². The molecule has 3 nitrogen and oxygen atoms in total. The summed E-state index contributed by atoms with van der Waals surface area (Å²) in [5.41, 5.74) is 0. The smallest absolute Gasteiger partial charge is 0.312 e. The van der Waals surface area contributed by atoms with Crippen LogP contribution in [0.1, 0.15) is 25.7 Å². The van der Waals surface area contributed by atoms with Gasteiger partial charge in [0.2, 0.25) is 0 Å². The van der Waals surface area contributed by atoms with E-state index in [0.717, 1.165) is 6.54 Å². The van der Waals surface area contributed by atoms with Crippen molar-refractivity contribution < 1.29 is 13.2 Å². The molecule has 1 heterocycles. The molecule has 1 N–H and O–H groups in total. The Morgan fingerprint density at radius 1 is 1.21 bits per heavy atom. The van der Waals surface area contributed by atoms with Crippen LogP contribution in [0.4, 0.5) is 13.2 Å². The van der Waals surface area contributed by atoms with E-state index in [-0.39, 0.29) is 18.5 Å². The molecule has 0 spiro atoms. The Labute approximate surface area is 111 Å². The van der Waals surface area contributed by atoms with E-state index in [1.807, 2.05) is 11.0 Å². The Morgan fingerprint density at radius 2 is 1.95 bits per heavy atom. The van der Waals surface area contributed by atoms with Crippen LogP contribution < -0.4 is 5.32 Å². The third kappa shape index (κ3) is 5.37. The van der Waals surface area contributed by atoms with Gasteiger partial charge >= 0.3 is 6.18 Å². The largest absolute Gasteiger partial charge is 0.389 e. The van der Waals surface area contributed by atoms with E-state index >= 15 is 0 Å². The molecule has 0 radical (unpaired) electrons. The highest BCUT2D eigenvalue weighted by atomic mass is 19.4. The van der Waals surface area contributed by atoms with Gasteiger partial charge in [-0.1, -0.05) is 0 Å². The van der Waals surface area contributed by atoms with Gasteiger partial charge in [0.1, 0.15) is 0 Å². The first-order chi connectivity index (χ1) is 8.96. The zero-order chi connectivity index (χ0) is 13.9. The molecule has 1 aliphatic carbocycles. The fourth-order valence-electron chi connectivity index (χ4n) is 2.81. The fraction of sp³-hybridized carbons (Fsp3) is 0.923.